The monoisotopic (exact) mass is 181 g/mol. The third-order valence-corrected chi connectivity index (χ3v) is 5.43. The van der Waals surface area contributed by atoms with Gasteiger partial charge in [0.2, 0.25) is 0 Å². The Labute approximate surface area is 68.2 Å². The molecule has 0 saturated heterocycles. The molecule has 10 heavy (non-hydrogen) atoms. The summed E-state index contributed by atoms with van der Waals surface area (Å²) in [6.07, 6.45) is 11.2. The zero-order valence-electron chi connectivity index (χ0n) is 7.60. The van der Waals surface area contributed by atoms with Gasteiger partial charge in [0.25, 0.3) is 0 Å². The van der Waals surface area contributed by atoms with Crippen LogP contribution in [0.15, 0.2) is 12.0 Å². The maximum atomic E-state index is 3.80. The van der Waals surface area contributed by atoms with E-state index in [0.717, 1.165) is 0 Å². The molecule has 0 bridgehead atoms. The lowest BCUT2D eigenvalue weighted by atomic mass is 11.3. The molecule has 0 spiro atoms. The van der Waals surface area contributed by atoms with Crippen molar-refractivity contribution in [2.45, 2.75) is 0 Å². The van der Waals surface area contributed by atoms with Crippen LogP contribution in [0.5, 0.6) is 0 Å². The Kier molecular flexibility index (Phi) is 3.33. The Morgan fingerprint density at radius 3 is 1.60 bits per heavy atom. The highest BCUT2D eigenvalue weighted by Crippen LogP contribution is 2.47. The largest absolute Gasteiger partial charge is 0.242 e. The van der Waals surface area contributed by atoms with Gasteiger partial charge in [0, 0.05) is 0 Å². The lowest BCUT2D eigenvalue weighted by Crippen LogP contribution is -2.19. The quantitative estimate of drug-likeness (QED) is 0.704. The molecule has 0 aliphatic heterocycles. The first-order valence-electron chi connectivity index (χ1n) is 3.09. The van der Waals surface area contributed by atoms with E-state index < -0.39 is 20.4 Å². The molecule has 3 heteroatoms. The van der Waals surface area contributed by atoms with Gasteiger partial charge in [0.05, 0.1) is 0 Å². The Balaban J connectivity index is 4.01. The van der Waals surface area contributed by atoms with E-state index >= 15 is 0 Å². The standard InChI is InChI=1S/C7H19NS2/c1-7-10(5,6)8-9(2,3)4/h7-8H,1H2,2-6H3. The van der Waals surface area contributed by atoms with Gasteiger partial charge < -0.3 is 0 Å². The summed E-state index contributed by atoms with van der Waals surface area (Å²) in [5, 5.41) is 2.03. The van der Waals surface area contributed by atoms with Crippen LogP contribution in [-0.2, 0) is 0 Å². The van der Waals surface area contributed by atoms with E-state index in [2.05, 4.69) is 42.0 Å². The fraction of sp³-hybridized carbons (Fsp3) is 0.714. The van der Waals surface area contributed by atoms with Crippen LogP contribution in [0.2, 0.25) is 0 Å². The molecule has 1 N–H and O–H groups in total. The molecule has 1 nitrogen and oxygen atoms in total. The number of nitrogens with one attached hydrogen (secondary N) is 1. The second kappa shape index (κ2) is 3.20. The second-order valence-corrected chi connectivity index (χ2v) is 11.0. The summed E-state index contributed by atoms with van der Waals surface area (Å²) in [5.74, 6) is 0. The van der Waals surface area contributed by atoms with E-state index in [-0.39, 0.29) is 0 Å². The summed E-state index contributed by atoms with van der Waals surface area (Å²) >= 11 is 0. The van der Waals surface area contributed by atoms with Crippen LogP contribution >= 0.6 is 20.4 Å². The third kappa shape index (κ3) is 5.21. The summed E-state index contributed by atoms with van der Waals surface area (Å²) in [5.41, 5.74) is 0. The van der Waals surface area contributed by atoms with Gasteiger partial charge in [-0.1, -0.05) is 6.58 Å². The van der Waals surface area contributed by atoms with Gasteiger partial charge in [-0.05, 0) is 36.7 Å². The minimum absolute atomic E-state index is 0.578. The topological polar surface area (TPSA) is 12.0 Å². The van der Waals surface area contributed by atoms with Crippen LogP contribution in [-0.4, -0.2) is 31.3 Å². The molecule has 0 aromatic heterocycles. The van der Waals surface area contributed by atoms with Crippen LogP contribution in [0.3, 0.4) is 0 Å². The molecule has 0 aliphatic carbocycles. The highest BCUT2D eigenvalue weighted by atomic mass is 32.3. The van der Waals surface area contributed by atoms with Gasteiger partial charge in [-0.2, -0.15) is 20.4 Å². The minimum atomic E-state index is -0.726. The van der Waals surface area contributed by atoms with Gasteiger partial charge in [-0.3, -0.25) is 0 Å². The van der Waals surface area contributed by atoms with E-state index in [9.17, 15) is 0 Å². The molecule has 0 fully saturated rings. The predicted octanol–water partition coefficient (Wildman–Crippen LogP) is 2.31. The highest BCUT2D eigenvalue weighted by molar-refractivity contribution is 8.45. The van der Waals surface area contributed by atoms with E-state index in [4.69, 9.17) is 0 Å². The summed E-state index contributed by atoms with van der Waals surface area (Å²) in [6.45, 7) is 3.80. The van der Waals surface area contributed by atoms with E-state index in [1.807, 2.05) is 5.41 Å². The zero-order chi connectivity index (χ0) is 8.41. The zero-order valence-corrected chi connectivity index (χ0v) is 9.23. The Bertz CT molecular complexity index is 124. The van der Waals surface area contributed by atoms with Gasteiger partial charge in [-0.25, -0.2) is 4.13 Å². The molecule has 0 aliphatic rings. The lowest BCUT2D eigenvalue weighted by molar-refractivity contribution is 1.61. The summed E-state index contributed by atoms with van der Waals surface area (Å²) in [4.78, 5) is 0. The second-order valence-electron chi connectivity index (χ2n) is 3.49. The number of hydrogen-bond donors (Lipinski definition) is 1. The molecule has 0 unspecified atom stereocenters. The maximum Gasteiger partial charge on any atom is -0.0186 e. The predicted molar refractivity (Wildman–Crippen MR) is 58.1 cm³/mol. The first kappa shape index (κ1) is 10.4. The van der Waals surface area contributed by atoms with Crippen molar-refractivity contribution in [3.63, 3.8) is 0 Å². The number of rotatable bonds is 3. The van der Waals surface area contributed by atoms with Crippen LogP contribution < -0.4 is 4.13 Å². The molecule has 64 valence electrons. The van der Waals surface area contributed by atoms with Crippen molar-refractivity contribution < 1.29 is 0 Å². The third-order valence-electron chi connectivity index (χ3n) is 0.881. The molecule has 0 aromatic carbocycles. The Morgan fingerprint density at radius 1 is 1.10 bits per heavy atom. The van der Waals surface area contributed by atoms with Crippen molar-refractivity contribution in [2.75, 3.05) is 31.3 Å². The average Bonchev–Trinajstić information content (AvgIpc) is 1.60. The molecule has 0 rings (SSSR count). The molecule has 0 atom stereocenters. The minimum Gasteiger partial charge on any atom is -0.242 e. The molecule has 0 amide bonds. The van der Waals surface area contributed by atoms with Crippen LogP contribution in [0.25, 0.3) is 0 Å². The first-order chi connectivity index (χ1) is 4.27. The molecular weight excluding hydrogens is 162 g/mol. The van der Waals surface area contributed by atoms with Crippen LogP contribution in [0.4, 0.5) is 0 Å². The van der Waals surface area contributed by atoms with E-state index in [1.54, 1.807) is 0 Å². The summed E-state index contributed by atoms with van der Waals surface area (Å²) in [7, 11) is -1.30. The molecule has 0 aromatic rings. The van der Waals surface area contributed by atoms with Gasteiger partial charge in [0.15, 0.2) is 0 Å². The van der Waals surface area contributed by atoms with Crippen LogP contribution in [0, 0.1) is 0 Å². The Hall–Kier alpha value is 0.400. The van der Waals surface area contributed by atoms with Crippen molar-refractivity contribution in [1.82, 2.24) is 4.13 Å². The van der Waals surface area contributed by atoms with E-state index in [1.165, 1.54) is 0 Å². The van der Waals surface area contributed by atoms with Crippen molar-refractivity contribution >= 4 is 20.4 Å². The van der Waals surface area contributed by atoms with Crippen molar-refractivity contribution in [1.29, 1.82) is 0 Å². The number of hydrogen-bond acceptors (Lipinski definition) is 1. The molecule has 0 heterocycles. The summed E-state index contributed by atoms with van der Waals surface area (Å²) in [6, 6.07) is 0. The molecular formula is C7H19NS2. The van der Waals surface area contributed by atoms with Crippen LogP contribution in [0.1, 0.15) is 0 Å². The van der Waals surface area contributed by atoms with Gasteiger partial charge >= 0.3 is 0 Å². The average molecular weight is 181 g/mol. The Morgan fingerprint density at radius 2 is 1.50 bits per heavy atom. The highest BCUT2D eigenvalue weighted by Gasteiger charge is 2.11. The fourth-order valence-corrected chi connectivity index (χ4v) is 6.11. The molecule has 0 saturated carbocycles. The SMILES string of the molecule is C=CS(C)(C)NS(C)(C)C. The van der Waals surface area contributed by atoms with E-state index in [0.29, 0.717) is 0 Å². The fourth-order valence-electron chi connectivity index (χ4n) is 0.678. The maximum absolute atomic E-state index is 3.80. The first-order valence-corrected chi connectivity index (χ1v) is 8.46. The normalized spacial score (nSPS) is 16.5. The summed E-state index contributed by atoms with van der Waals surface area (Å²) < 4.78 is 3.59. The van der Waals surface area contributed by atoms with Gasteiger partial charge in [0.1, 0.15) is 0 Å². The smallest absolute Gasteiger partial charge is 0.0186 e. The lowest BCUT2D eigenvalue weighted by Gasteiger charge is -2.39. The molecule has 0 radical (unpaired) electrons. The van der Waals surface area contributed by atoms with Gasteiger partial charge in [-0.15, -0.1) is 0 Å². The van der Waals surface area contributed by atoms with Crippen molar-refractivity contribution in [3.8, 4) is 0 Å². The van der Waals surface area contributed by atoms with Crippen molar-refractivity contribution in [3.05, 3.63) is 12.0 Å². The van der Waals surface area contributed by atoms with Crippen molar-refractivity contribution in [2.24, 2.45) is 0 Å².